The van der Waals surface area contributed by atoms with Crippen molar-refractivity contribution in [2.45, 2.75) is 26.3 Å². The third kappa shape index (κ3) is 4.03. The van der Waals surface area contributed by atoms with E-state index in [1.165, 1.54) is 5.56 Å². The van der Waals surface area contributed by atoms with Gasteiger partial charge in [-0.1, -0.05) is 37.3 Å². The molecule has 6 nitrogen and oxygen atoms in total. The number of anilines is 1. The number of aromatic nitrogens is 3. The summed E-state index contributed by atoms with van der Waals surface area (Å²) in [6, 6.07) is 13.4. The maximum absolute atomic E-state index is 12.3. The van der Waals surface area contributed by atoms with Gasteiger partial charge >= 0.3 is 6.03 Å². The van der Waals surface area contributed by atoms with E-state index in [0.717, 1.165) is 17.7 Å². The van der Waals surface area contributed by atoms with Crippen LogP contribution in [0.15, 0.2) is 54.9 Å². The molecule has 0 fully saturated rings. The number of aryl methyl sites for hydroxylation is 1. The number of hydrogen-bond acceptors (Lipinski definition) is 3. The lowest BCUT2D eigenvalue weighted by molar-refractivity contribution is 0.249. The minimum atomic E-state index is -0.286. The zero-order chi connectivity index (χ0) is 17.6. The molecule has 6 heteroatoms. The third-order valence-electron chi connectivity index (χ3n) is 4.04. The van der Waals surface area contributed by atoms with E-state index in [1.54, 1.807) is 12.4 Å². The fraction of sp³-hybridized carbons (Fsp3) is 0.211. The zero-order valence-electron chi connectivity index (χ0n) is 14.3. The van der Waals surface area contributed by atoms with Gasteiger partial charge in [-0.05, 0) is 36.6 Å². The first-order valence-corrected chi connectivity index (χ1v) is 8.28. The number of nitrogens with one attached hydrogen (secondary N) is 3. The van der Waals surface area contributed by atoms with Crippen molar-refractivity contribution < 1.29 is 4.79 Å². The Balaban J connectivity index is 1.66. The Hall–Kier alpha value is -3.15. The first-order chi connectivity index (χ1) is 12.2. The van der Waals surface area contributed by atoms with Crippen molar-refractivity contribution in [3.8, 4) is 11.4 Å². The topological polar surface area (TPSA) is 82.7 Å². The minimum absolute atomic E-state index is 0.101. The summed E-state index contributed by atoms with van der Waals surface area (Å²) in [7, 11) is 0. The van der Waals surface area contributed by atoms with Gasteiger partial charge in [0, 0.05) is 6.20 Å². The summed E-state index contributed by atoms with van der Waals surface area (Å²) in [5, 5.41) is 12.6. The number of aromatic amines is 1. The van der Waals surface area contributed by atoms with Gasteiger partial charge in [-0.15, -0.1) is 0 Å². The monoisotopic (exact) mass is 335 g/mol. The Kier molecular flexibility index (Phi) is 5.09. The molecule has 0 aliphatic heterocycles. The molecule has 1 aromatic carbocycles. The molecule has 0 spiro atoms. The first-order valence-electron chi connectivity index (χ1n) is 8.28. The van der Waals surface area contributed by atoms with E-state index < -0.39 is 0 Å². The quantitative estimate of drug-likeness (QED) is 0.661. The molecule has 0 aliphatic rings. The molecule has 25 heavy (non-hydrogen) atoms. The number of benzene rings is 1. The van der Waals surface area contributed by atoms with Gasteiger partial charge in [-0.3, -0.25) is 10.1 Å². The molecule has 2 aromatic heterocycles. The second kappa shape index (κ2) is 7.61. The smallest absolute Gasteiger partial charge is 0.319 e. The molecule has 0 saturated heterocycles. The summed E-state index contributed by atoms with van der Waals surface area (Å²) in [5.41, 5.74) is 4.32. The van der Waals surface area contributed by atoms with Gasteiger partial charge in [-0.2, -0.15) is 5.10 Å². The molecule has 3 N–H and O–H groups in total. The number of hydrogen-bond donors (Lipinski definition) is 3. The van der Waals surface area contributed by atoms with Crippen molar-refractivity contribution in [3.63, 3.8) is 0 Å². The van der Waals surface area contributed by atoms with Crippen LogP contribution in [0.3, 0.4) is 0 Å². The lowest BCUT2D eigenvalue weighted by Gasteiger charge is -2.15. The molecule has 3 rings (SSSR count). The highest BCUT2D eigenvalue weighted by molar-refractivity contribution is 5.93. The second-order valence-electron chi connectivity index (χ2n) is 5.79. The molecule has 2 heterocycles. The van der Waals surface area contributed by atoms with Crippen LogP contribution >= 0.6 is 0 Å². The standard InChI is InChI=1S/C19H21N5O/c1-3-14-7-9-15(10-8-14)13(2)22-19(25)23-17-12-21-24-18(17)16-6-4-5-11-20-16/h4-13H,3H2,1-2H3,(H,21,24)(H2,22,23,25). The number of nitrogens with zero attached hydrogens (tertiary/aromatic N) is 2. The number of carbonyl (C=O) groups is 1. The van der Waals surface area contributed by atoms with Crippen molar-refractivity contribution in [1.29, 1.82) is 0 Å². The van der Waals surface area contributed by atoms with Crippen molar-refractivity contribution in [2.75, 3.05) is 5.32 Å². The Labute approximate surface area is 146 Å². The fourth-order valence-electron chi connectivity index (χ4n) is 2.57. The largest absolute Gasteiger partial charge is 0.331 e. The predicted octanol–water partition coefficient (Wildman–Crippen LogP) is 3.92. The molecule has 0 saturated carbocycles. The van der Waals surface area contributed by atoms with E-state index in [-0.39, 0.29) is 12.1 Å². The molecule has 1 unspecified atom stereocenters. The molecule has 2 amide bonds. The summed E-state index contributed by atoms with van der Waals surface area (Å²) >= 11 is 0. The van der Waals surface area contributed by atoms with Gasteiger partial charge in [0.15, 0.2) is 0 Å². The Bertz CT molecular complexity index is 827. The van der Waals surface area contributed by atoms with Crippen LogP contribution in [0.1, 0.15) is 31.0 Å². The Morgan fingerprint density at radius 2 is 2.00 bits per heavy atom. The zero-order valence-corrected chi connectivity index (χ0v) is 14.3. The highest BCUT2D eigenvalue weighted by Crippen LogP contribution is 2.23. The predicted molar refractivity (Wildman–Crippen MR) is 98.2 cm³/mol. The Morgan fingerprint density at radius 1 is 1.20 bits per heavy atom. The number of H-pyrrole nitrogens is 1. The number of carbonyl (C=O) groups excluding carboxylic acids is 1. The van der Waals surface area contributed by atoms with Gasteiger partial charge in [0.25, 0.3) is 0 Å². The van der Waals surface area contributed by atoms with E-state index in [9.17, 15) is 4.79 Å². The normalized spacial score (nSPS) is 11.8. The number of urea groups is 1. The van der Waals surface area contributed by atoms with Crippen LogP contribution in [0.5, 0.6) is 0 Å². The van der Waals surface area contributed by atoms with Crippen LogP contribution in [0, 0.1) is 0 Å². The Morgan fingerprint density at radius 3 is 2.68 bits per heavy atom. The number of pyridine rings is 1. The molecule has 0 aliphatic carbocycles. The lowest BCUT2D eigenvalue weighted by atomic mass is 10.1. The summed E-state index contributed by atoms with van der Waals surface area (Å²) < 4.78 is 0. The number of rotatable bonds is 5. The fourth-order valence-corrected chi connectivity index (χ4v) is 2.57. The second-order valence-corrected chi connectivity index (χ2v) is 5.79. The van der Waals surface area contributed by atoms with Crippen LogP contribution in [0.2, 0.25) is 0 Å². The van der Waals surface area contributed by atoms with Crippen molar-refractivity contribution in [2.24, 2.45) is 0 Å². The molecule has 0 radical (unpaired) electrons. The van der Waals surface area contributed by atoms with Crippen LogP contribution in [-0.2, 0) is 6.42 Å². The molecule has 0 bridgehead atoms. The van der Waals surface area contributed by atoms with Gasteiger partial charge in [0.2, 0.25) is 0 Å². The minimum Gasteiger partial charge on any atom is -0.331 e. The summed E-state index contributed by atoms with van der Waals surface area (Å²) in [6.45, 7) is 4.07. The van der Waals surface area contributed by atoms with Gasteiger partial charge in [-0.25, -0.2) is 4.79 Å². The van der Waals surface area contributed by atoms with E-state index >= 15 is 0 Å². The number of amides is 2. The highest BCUT2D eigenvalue weighted by atomic mass is 16.2. The van der Waals surface area contributed by atoms with E-state index in [2.05, 4.69) is 44.9 Å². The molecular weight excluding hydrogens is 314 g/mol. The van der Waals surface area contributed by atoms with E-state index in [1.807, 2.05) is 37.3 Å². The molecule has 1 atom stereocenters. The van der Waals surface area contributed by atoms with Gasteiger partial charge < -0.3 is 10.6 Å². The maximum Gasteiger partial charge on any atom is 0.319 e. The highest BCUT2D eigenvalue weighted by Gasteiger charge is 2.14. The molecule has 128 valence electrons. The van der Waals surface area contributed by atoms with Crippen molar-refractivity contribution in [3.05, 3.63) is 66.0 Å². The van der Waals surface area contributed by atoms with Gasteiger partial charge in [0.05, 0.1) is 23.6 Å². The van der Waals surface area contributed by atoms with Crippen LogP contribution in [0.25, 0.3) is 11.4 Å². The summed E-state index contributed by atoms with van der Waals surface area (Å²) in [5.74, 6) is 0. The van der Waals surface area contributed by atoms with E-state index in [4.69, 9.17) is 0 Å². The first kappa shape index (κ1) is 16.7. The van der Waals surface area contributed by atoms with Gasteiger partial charge in [0.1, 0.15) is 5.69 Å². The van der Waals surface area contributed by atoms with Crippen molar-refractivity contribution >= 4 is 11.7 Å². The molecular formula is C19H21N5O. The summed E-state index contributed by atoms with van der Waals surface area (Å²) in [6.07, 6.45) is 4.27. The van der Waals surface area contributed by atoms with Crippen LogP contribution < -0.4 is 10.6 Å². The molecule has 3 aromatic rings. The average molecular weight is 335 g/mol. The van der Waals surface area contributed by atoms with Crippen molar-refractivity contribution in [1.82, 2.24) is 20.5 Å². The summed E-state index contributed by atoms with van der Waals surface area (Å²) in [4.78, 5) is 16.6. The average Bonchev–Trinajstić information content (AvgIpc) is 3.10. The third-order valence-corrected chi connectivity index (χ3v) is 4.04. The van der Waals surface area contributed by atoms with Crippen LogP contribution in [-0.4, -0.2) is 21.2 Å². The van der Waals surface area contributed by atoms with Crippen LogP contribution in [0.4, 0.5) is 10.5 Å². The lowest BCUT2D eigenvalue weighted by Crippen LogP contribution is -2.31. The van der Waals surface area contributed by atoms with E-state index in [0.29, 0.717) is 11.4 Å². The maximum atomic E-state index is 12.3. The SMILES string of the molecule is CCc1ccc(C(C)NC(=O)Nc2cn[nH]c2-c2ccccn2)cc1.